The lowest BCUT2D eigenvalue weighted by atomic mass is 10.1. The molecule has 3 heterocycles. The number of nitrogen functional groups attached to an aromatic ring is 1. The summed E-state index contributed by atoms with van der Waals surface area (Å²) in [4.78, 5) is 24.0. The molecule has 7 nitrogen and oxygen atoms in total. The van der Waals surface area contributed by atoms with Crippen LogP contribution in [0, 0.1) is 0 Å². The van der Waals surface area contributed by atoms with E-state index in [0.29, 0.717) is 13.0 Å². The van der Waals surface area contributed by atoms with Gasteiger partial charge in [0.25, 0.3) is 0 Å². The summed E-state index contributed by atoms with van der Waals surface area (Å²) >= 11 is 3.39. The van der Waals surface area contributed by atoms with Crippen molar-refractivity contribution < 1.29 is 4.79 Å². The lowest BCUT2D eigenvalue weighted by Crippen LogP contribution is -2.19. The molecule has 3 rings (SSSR count). The maximum Gasteiger partial charge on any atom is 0.221 e. The summed E-state index contributed by atoms with van der Waals surface area (Å²) in [5, 5.41) is 3.61. The number of nitrogens with zero attached hydrogens (tertiary/aromatic N) is 4. The minimum Gasteiger partial charge on any atom is -0.368 e. The summed E-state index contributed by atoms with van der Waals surface area (Å²) in [7, 11) is 1.63. The predicted molar refractivity (Wildman–Crippen MR) is 91.6 cm³/mol. The van der Waals surface area contributed by atoms with Crippen LogP contribution in [0.15, 0.2) is 35.3 Å². The average molecular weight is 375 g/mol. The van der Waals surface area contributed by atoms with Gasteiger partial charge in [-0.25, -0.2) is 15.0 Å². The molecule has 3 N–H and O–H groups in total. The SMILES string of the molecule is CNC(=O)CCn1cc(-c2ccnc(N)n2)c2cc(Br)ncc21. The highest BCUT2D eigenvalue weighted by atomic mass is 79.9. The van der Waals surface area contributed by atoms with Gasteiger partial charge in [0, 0.05) is 43.4 Å². The molecule has 1 amide bonds. The number of amides is 1. The summed E-state index contributed by atoms with van der Waals surface area (Å²) in [6.45, 7) is 0.556. The first kappa shape index (κ1) is 15.4. The van der Waals surface area contributed by atoms with Gasteiger partial charge in [0.15, 0.2) is 0 Å². The van der Waals surface area contributed by atoms with Gasteiger partial charge in [-0.1, -0.05) is 0 Å². The summed E-state index contributed by atoms with van der Waals surface area (Å²) in [5.74, 6) is 0.214. The van der Waals surface area contributed by atoms with E-state index in [4.69, 9.17) is 5.73 Å². The summed E-state index contributed by atoms with van der Waals surface area (Å²) in [6, 6.07) is 3.74. The third kappa shape index (κ3) is 3.16. The molecular formula is C15H15BrN6O. The van der Waals surface area contributed by atoms with Gasteiger partial charge in [0.05, 0.1) is 17.4 Å². The summed E-state index contributed by atoms with van der Waals surface area (Å²) in [5.41, 5.74) is 8.28. The van der Waals surface area contributed by atoms with Crippen molar-refractivity contribution in [3.05, 3.63) is 35.3 Å². The van der Waals surface area contributed by atoms with Crippen molar-refractivity contribution in [2.45, 2.75) is 13.0 Å². The van der Waals surface area contributed by atoms with Crippen molar-refractivity contribution in [1.82, 2.24) is 24.8 Å². The first-order chi connectivity index (χ1) is 11.1. The second kappa shape index (κ2) is 6.33. The van der Waals surface area contributed by atoms with Crippen LogP contribution in [0.25, 0.3) is 22.2 Å². The van der Waals surface area contributed by atoms with Gasteiger partial charge in [-0.3, -0.25) is 4.79 Å². The van der Waals surface area contributed by atoms with Crippen LogP contribution < -0.4 is 11.1 Å². The molecule has 0 aliphatic carbocycles. The number of hydrogen-bond acceptors (Lipinski definition) is 5. The Labute approximate surface area is 141 Å². The van der Waals surface area contributed by atoms with E-state index in [0.717, 1.165) is 26.8 Å². The van der Waals surface area contributed by atoms with Crippen molar-refractivity contribution in [2.24, 2.45) is 0 Å². The van der Waals surface area contributed by atoms with Crippen LogP contribution in [0.3, 0.4) is 0 Å². The maximum atomic E-state index is 11.5. The van der Waals surface area contributed by atoms with E-state index < -0.39 is 0 Å². The Morgan fingerprint density at radius 3 is 3.00 bits per heavy atom. The standard InChI is InChI=1S/C15H15BrN6O/c1-18-14(23)3-5-22-8-10(11-2-4-19-15(17)21-11)9-6-13(16)20-7-12(9)22/h2,4,6-8H,3,5H2,1H3,(H,18,23)(H2,17,19,21). The zero-order valence-electron chi connectivity index (χ0n) is 12.5. The molecule has 0 saturated heterocycles. The first-order valence-electron chi connectivity index (χ1n) is 7.02. The minimum atomic E-state index is -0.00949. The van der Waals surface area contributed by atoms with Gasteiger partial charge in [0.2, 0.25) is 11.9 Å². The first-order valence-corrected chi connectivity index (χ1v) is 7.81. The van der Waals surface area contributed by atoms with Crippen LogP contribution >= 0.6 is 15.9 Å². The fourth-order valence-corrected chi connectivity index (χ4v) is 2.75. The smallest absolute Gasteiger partial charge is 0.221 e. The van der Waals surface area contributed by atoms with Crippen molar-refractivity contribution in [3.8, 4) is 11.3 Å². The van der Waals surface area contributed by atoms with Gasteiger partial charge in [-0.2, -0.15) is 0 Å². The number of rotatable bonds is 4. The molecule has 0 aliphatic rings. The number of fused-ring (bicyclic) bond motifs is 1. The molecule has 0 fully saturated rings. The molecule has 3 aromatic heterocycles. The molecule has 8 heteroatoms. The molecule has 23 heavy (non-hydrogen) atoms. The molecule has 0 atom stereocenters. The molecule has 0 unspecified atom stereocenters. The zero-order chi connectivity index (χ0) is 16.4. The second-order valence-electron chi connectivity index (χ2n) is 4.98. The Morgan fingerprint density at radius 2 is 2.26 bits per heavy atom. The maximum absolute atomic E-state index is 11.5. The van der Waals surface area contributed by atoms with E-state index in [9.17, 15) is 4.79 Å². The molecule has 0 radical (unpaired) electrons. The predicted octanol–water partition coefficient (Wildman–Crippen LogP) is 1.97. The van der Waals surface area contributed by atoms with E-state index in [1.165, 1.54) is 0 Å². The number of nitrogens with one attached hydrogen (secondary N) is 1. The number of halogens is 1. The van der Waals surface area contributed by atoms with Crippen LogP contribution in [0.1, 0.15) is 6.42 Å². The van der Waals surface area contributed by atoms with Crippen LogP contribution in [-0.4, -0.2) is 32.5 Å². The Morgan fingerprint density at radius 1 is 1.43 bits per heavy atom. The van der Waals surface area contributed by atoms with Gasteiger partial charge in [-0.05, 0) is 28.1 Å². The molecule has 0 spiro atoms. The molecule has 0 saturated carbocycles. The Balaban J connectivity index is 2.10. The van der Waals surface area contributed by atoms with E-state index >= 15 is 0 Å². The van der Waals surface area contributed by atoms with Gasteiger partial charge in [0.1, 0.15) is 4.60 Å². The monoisotopic (exact) mass is 374 g/mol. The largest absolute Gasteiger partial charge is 0.368 e. The highest BCUT2D eigenvalue weighted by Crippen LogP contribution is 2.31. The number of nitrogens with two attached hydrogens (primary N) is 1. The lowest BCUT2D eigenvalue weighted by molar-refractivity contribution is -0.120. The lowest BCUT2D eigenvalue weighted by Gasteiger charge is -2.04. The molecule has 3 aromatic rings. The van der Waals surface area contributed by atoms with Crippen LogP contribution in [0.5, 0.6) is 0 Å². The third-order valence-corrected chi connectivity index (χ3v) is 3.98. The van der Waals surface area contributed by atoms with Gasteiger partial charge >= 0.3 is 0 Å². The van der Waals surface area contributed by atoms with Gasteiger partial charge < -0.3 is 15.6 Å². The van der Waals surface area contributed by atoms with E-state index in [1.54, 1.807) is 19.4 Å². The van der Waals surface area contributed by atoms with E-state index in [2.05, 4.69) is 36.2 Å². The quantitative estimate of drug-likeness (QED) is 0.680. The summed E-state index contributed by atoms with van der Waals surface area (Å²) in [6.07, 6.45) is 5.75. The van der Waals surface area contributed by atoms with Crippen molar-refractivity contribution in [1.29, 1.82) is 0 Å². The number of aromatic nitrogens is 4. The van der Waals surface area contributed by atoms with Crippen LogP contribution in [0.4, 0.5) is 5.95 Å². The normalized spacial score (nSPS) is 10.9. The van der Waals surface area contributed by atoms with Crippen LogP contribution in [-0.2, 0) is 11.3 Å². The third-order valence-electron chi connectivity index (χ3n) is 3.54. The van der Waals surface area contributed by atoms with Crippen molar-refractivity contribution in [2.75, 3.05) is 12.8 Å². The van der Waals surface area contributed by atoms with Crippen LogP contribution in [0.2, 0.25) is 0 Å². The Hall–Kier alpha value is -2.48. The van der Waals surface area contributed by atoms with Gasteiger partial charge in [-0.15, -0.1) is 0 Å². The van der Waals surface area contributed by atoms with E-state index in [-0.39, 0.29) is 11.9 Å². The van der Waals surface area contributed by atoms with Crippen molar-refractivity contribution in [3.63, 3.8) is 0 Å². The average Bonchev–Trinajstić information content (AvgIpc) is 2.90. The number of carbonyl (C=O) groups excluding carboxylic acids is 1. The fraction of sp³-hybridized carbons (Fsp3) is 0.200. The highest BCUT2D eigenvalue weighted by molar-refractivity contribution is 9.10. The molecule has 0 bridgehead atoms. The Bertz CT molecular complexity index is 876. The number of aryl methyl sites for hydroxylation is 1. The number of hydrogen-bond donors (Lipinski definition) is 2. The number of pyridine rings is 1. The molecular weight excluding hydrogens is 360 g/mol. The molecule has 118 valence electrons. The number of anilines is 1. The number of carbonyl (C=O) groups is 1. The molecule has 0 aliphatic heterocycles. The fourth-order valence-electron chi connectivity index (χ4n) is 2.42. The topological polar surface area (TPSA) is 98.7 Å². The molecule has 0 aromatic carbocycles. The second-order valence-corrected chi connectivity index (χ2v) is 5.80. The summed E-state index contributed by atoms with van der Waals surface area (Å²) < 4.78 is 2.73. The highest BCUT2D eigenvalue weighted by Gasteiger charge is 2.13. The van der Waals surface area contributed by atoms with Crippen molar-refractivity contribution >= 4 is 38.7 Å². The Kier molecular flexibility index (Phi) is 4.24. The zero-order valence-corrected chi connectivity index (χ0v) is 14.0. The van der Waals surface area contributed by atoms with E-state index in [1.807, 2.05) is 22.9 Å². The minimum absolute atomic E-state index is 0.00949.